The molecule has 1 aromatic rings. The standard InChI is InChI=1S/C13H22ClN5O3/c1-4-17(5-2)8-6-7-15-11(20)9-18-10(3)12(14)13(16-18)19(21)22/h4-9H2,1-3H3,(H,15,20)/p+1. The van der Waals surface area contributed by atoms with Crippen LogP contribution >= 0.6 is 11.6 Å². The van der Waals surface area contributed by atoms with E-state index >= 15 is 0 Å². The van der Waals surface area contributed by atoms with Gasteiger partial charge in [-0.15, -0.1) is 0 Å². The van der Waals surface area contributed by atoms with Crippen molar-refractivity contribution in [1.29, 1.82) is 0 Å². The number of nitrogens with one attached hydrogen (secondary N) is 2. The Morgan fingerprint density at radius 3 is 2.59 bits per heavy atom. The fourth-order valence-corrected chi connectivity index (χ4v) is 2.34. The summed E-state index contributed by atoms with van der Waals surface area (Å²) in [6, 6.07) is 0. The summed E-state index contributed by atoms with van der Waals surface area (Å²) in [6.07, 6.45) is 0.891. The van der Waals surface area contributed by atoms with Crippen molar-refractivity contribution in [1.82, 2.24) is 15.1 Å². The van der Waals surface area contributed by atoms with Crippen LogP contribution in [-0.4, -0.2) is 46.8 Å². The maximum atomic E-state index is 11.8. The van der Waals surface area contributed by atoms with Crippen LogP contribution in [0.1, 0.15) is 26.0 Å². The van der Waals surface area contributed by atoms with Gasteiger partial charge in [-0.25, -0.2) is 0 Å². The zero-order valence-electron chi connectivity index (χ0n) is 13.2. The number of nitrogens with zero attached hydrogens (tertiary/aromatic N) is 3. The fourth-order valence-electron chi connectivity index (χ4n) is 2.14. The molecular weight excluding hydrogens is 310 g/mol. The van der Waals surface area contributed by atoms with Gasteiger partial charge in [0.25, 0.3) is 0 Å². The average molecular weight is 333 g/mol. The number of amides is 1. The molecule has 0 saturated heterocycles. The second-order valence-corrected chi connectivity index (χ2v) is 5.43. The van der Waals surface area contributed by atoms with Crippen molar-refractivity contribution in [3.63, 3.8) is 0 Å². The fraction of sp³-hybridized carbons (Fsp3) is 0.692. The molecule has 0 aliphatic rings. The predicted molar refractivity (Wildman–Crippen MR) is 83.2 cm³/mol. The average Bonchev–Trinajstić information content (AvgIpc) is 2.76. The number of nitro groups is 1. The number of halogens is 1. The minimum atomic E-state index is -0.656. The zero-order valence-corrected chi connectivity index (χ0v) is 13.9. The van der Waals surface area contributed by atoms with Crippen LogP contribution in [0.2, 0.25) is 5.02 Å². The first-order chi connectivity index (χ1) is 10.4. The molecular formula is C13H23ClN5O3+. The van der Waals surface area contributed by atoms with Crippen LogP contribution < -0.4 is 10.2 Å². The molecule has 0 spiro atoms. The summed E-state index contributed by atoms with van der Waals surface area (Å²) in [5.74, 6) is -0.649. The van der Waals surface area contributed by atoms with E-state index in [0.29, 0.717) is 12.2 Å². The van der Waals surface area contributed by atoms with Crippen LogP contribution in [-0.2, 0) is 11.3 Å². The van der Waals surface area contributed by atoms with E-state index in [1.807, 2.05) is 0 Å². The normalized spacial score (nSPS) is 11.0. The molecule has 0 aromatic carbocycles. The first-order valence-electron chi connectivity index (χ1n) is 7.38. The largest absolute Gasteiger partial charge is 0.408 e. The third-order valence-electron chi connectivity index (χ3n) is 3.61. The molecule has 0 saturated carbocycles. The highest BCUT2D eigenvalue weighted by Crippen LogP contribution is 2.26. The van der Waals surface area contributed by atoms with Gasteiger partial charge in [0, 0.05) is 13.0 Å². The Labute approximate surface area is 134 Å². The van der Waals surface area contributed by atoms with E-state index in [1.165, 1.54) is 9.58 Å². The Kier molecular flexibility index (Phi) is 7.26. The van der Waals surface area contributed by atoms with Crippen molar-refractivity contribution in [2.45, 2.75) is 33.7 Å². The van der Waals surface area contributed by atoms with Crippen molar-refractivity contribution < 1.29 is 14.6 Å². The number of carbonyl (C=O) groups excluding carboxylic acids is 1. The third-order valence-corrected chi connectivity index (χ3v) is 4.05. The highest BCUT2D eigenvalue weighted by molar-refractivity contribution is 6.33. The Morgan fingerprint density at radius 2 is 2.09 bits per heavy atom. The Balaban J connectivity index is 2.46. The molecule has 1 heterocycles. The number of aromatic nitrogens is 2. The number of hydrogen-bond donors (Lipinski definition) is 2. The molecule has 124 valence electrons. The smallest absolute Gasteiger partial charge is 0.358 e. The lowest BCUT2D eigenvalue weighted by atomic mass is 10.3. The third kappa shape index (κ3) is 4.96. The summed E-state index contributed by atoms with van der Waals surface area (Å²) in [5.41, 5.74) is 0.413. The summed E-state index contributed by atoms with van der Waals surface area (Å²) >= 11 is 5.83. The van der Waals surface area contributed by atoms with Gasteiger partial charge in [0.1, 0.15) is 6.54 Å². The molecule has 2 N–H and O–H groups in total. The van der Waals surface area contributed by atoms with Gasteiger partial charge >= 0.3 is 5.82 Å². The number of rotatable bonds is 9. The summed E-state index contributed by atoms with van der Waals surface area (Å²) in [5, 5.41) is 17.3. The monoisotopic (exact) mass is 332 g/mol. The number of hydrogen-bond acceptors (Lipinski definition) is 4. The topological polar surface area (TPSA) is 94.5 Å². The molecule has 0 fully saturated rings. The Morgan fingerprint density at radius 1 is 1.45 bits per heavy atom. The van der Waals surface area contributed by atoms with Crippen LogP contribution in [0.4, 0.5) is 5.82 Å². The molecule has 8 nitrogen and oxygen atoms in total. The van der Waals surface area contributed by atoms with Crippen LogP contribution in [0.3, 0.4) is 0 Å². The summed E-state index contributed by atoms with van der Waals surface area (Å²) < 4.78 is 1.26. The SMILES string of the molecule is CC[NH+](CC)CCCNC(=O)Cn1nc([N+](=O)[O-])c(Cl)c1C. The van der Waals surface area contributed by atoms with Gasteiger partial charge in [0.2, 0.25) is 5.91 Å². The van der Waals surface area contributed by atoms with Gasteiger partial charge in [-0.1, -0.05) is 11.6 Å². The molecule has 1 rings (SSSR count). The van der Waals surface area contributed by atoms with E-state index in [-0.39, 0.29) is 17.5 Å². The second-order valence-electron chi connectivity index (χ2n) is 5.05. The molecule has 0 radical (unpaired) electrons. The van der Waals surface area contributed by atoms with E-state index in [0.717, 1.165) is 26.1 Å². The lowest BCUT2D eigenvalue weighted by molar-refractivity contribution is -0.896. The molecule has 0 unspecified atom stereocenters. The number of quaternary nitrogens is 1. The van der Waals surface area contributed by atoms with Gasteiger partial charge in [-0.3, -0.25) is 4.79 Å². The van der Waals surface area contributed by atoms with Gasteiger partial charge < -0.3 is 20.3 Å². The lowest BCUT2D eigenvalue weighted by Gasteiger charge is -2.15. The summed E-state index contributed by atoms with van der Waals surface area (Å²) in [6.45, 7) is 9.52. The van der Waals surface area contributed by atoms with Crippen molar-refractivity contribution >= 4 is 23.3 Å². The molecule has 0 atom stereocenters. The van der Waals surface area contributed by atoms with Crippen molar-refractivity contribution in [3.05, 3.63) is 20.8 Å². The summed E-state index contributed by atoms with van der Waals surface area (Å²) in [4.78, 5) is 23.4. The van der Waals surface area contributed by atoms with Crippen LogP contribution in [0, 0.1) is 17.0 Å². The molecule has 0 aliphatic carbocycles. The van der Waals surface area contributed by atoms with Gasteiger partial charge in [-0.05, 0) is 25.7 Å². The highest BCUT2D eigenvalue weighted by atomic mass is 35.5. The van der Waals surface area contributed by atoms with Gasteiger partial charge in [0.05, 0.1) is 30.4 Å². The van der Waals surface area contributed by atoms with Gasteiger partial charge in [-0.2, -0.15) is 4.68 Å². The quantitative estimate of drug-likeness (QED) is 0.383. The second kappa shape index (κ2) is 8.70. The minimum absolute atomic E-state index is 0.0251. The predicted octanol–water partition coefficient (Wildman–Crippen LogP) is 0.184. The van der Waals surface area contributed by atoms with E-state index in [2.05, 4.69) is 24.3 Å². The molecule has 1 aromatic heterocycles. The highest BCUT2D eigenvalue weighted by Gasteiger charge is 2.24. The van der Waals surface area contributed by atoms with Gasteiger partial charge in [0.15, 0.2) is 5.02 Å². The lowest BCUT2D eigenvalue weighted by Crippen LogP contribution is -3.11. The van der Waals surface area contributed by atoms with Crippen molar-refractivity contribution in [2.24, 2.45) is 0 Å². The van der Waals surface area contributed by atoms with Crippen molar-refractivity contribution in [3.8, 4) is 0 Å². The van der Waals surface area contributed by atoms with Crippen LogP contribution in [0.15, 0.2) is 0 Å². The summed E-state index contributed by atoms with van der Waals surface area (Å²) in [7, 11) is 0. The molecule has 1 amide bonds. The van der Waals surface area contributed by atoms with E-state index < -0.39 is 10.7 Å². The molecule has 22 heavy (non-hydrogen) atoms. The zero-order chi connectivity index (χ0) is 16.7. The van der Waals surface area contributed by atoms with E-state index in [4.69, 9.17) is 11.6 Å². The molecule has 9 heteroatoms. The van der Waals surface area contributed by atoms with Crippen LogP contribution in [0.25, 0.3) is 0 Å². The first-order valence-corrected chi connectivity index (χ1v) is 7.76. The molecule has 0 aliphatic heterocycles. The minimum Gasteiger partial charge on any atom is -0.358 e. The van der Waals surface area contributed by atoms with Crippen LogP contribution in [0.5, 0.6) is 0 Å². The van der Waals surface area contributed by atoms with Crippen molar-refractivity contribution in [2.75, 3.05) is 26.2 Å². The Hall–Kier alpha value is -1.67. The number of carbonyl (C=O) groups is 1. The molecule has 0 bridgehead atoms. The Bertz CT molecular complexity index is 528. The maximum Gasteiger partial charge on any atom is 0.408 e. The maximum absolute atomic E-state index is 11.8. The first kappa shape index (κ1) is 18.4. The van der Waals surface area contributed by atoms with E-state index in [9.17, 15) is 14.9 Å². The van der Waals surface area contributed by atoms with E-state index in [1.54, 1.807) is 6.92 Å².